The molecule has 1 aliphatic heterocycles. The van der Waals surface area contributed by atoms with Crippen LogP contribution in [0.2, 0.25) is 0 Å². The first kappa shape index (κ1) is 21.9. The van der Waals surface area contributed by atoms with Crippen molar-refractivity contribution in [1.29, 1.82) is 0 Å². The van der Waals surface area contributed by atoms with Gasteiger partial charge in [0.1, 0.15) is 6.61 Å². The van der Waals surface area contributed by atoms with Crippen molar-refractivity contribution in [3.8, 4) is 0 Å². The fraction of sp³-hybridized carbons (Fsp3) is 0.333. The van der Waals surface area contributed by atoms with Crippen LogP contribution in [0.5, 0.6) is 0 Å². The Morgan fingerprint density at radius 1 is 1.32 bits per heavy atom. The molecule has 8 nitrogen and oxygen atoms in total. The van der Waals surface area contributed by atoms with E-state index in [0.717, 1.165) is 0 Å². The zero-order valence-corrected chi connectivity index (χ0v) is 17.5. The predicted molar refractivity (Wildman–Crippen MR) is 106 cm³/mol. The highest BCUT2D eigenvalue weighted by Crippen LogP contribution is 2.40. The van der Waals surface area contributed by atoms with Gasteiger partial charge >= 0.3 is 11.9 Å². The van der Waals surface area contributed by atoms with Gasteiger partial charge in [0, 0.05) is 28.9 Å². The largest absolute Gasteiger partial charge is 0.466 e. The number of carbonyl (C=O) groups excluding carboxylic acids is 2. The van der Waals surface area contributed by atoms with Crippen LogP contribution in [-0.4, -0.2) is 41.8 Å². The fourth-order valence-electron chi connectivity index (χ4n) is 2.98. The van der Waals surface area contributed by atoms with Crippen molar-refractivity contribution >= 4 is 45.2 Å². The molecule has 0 spiro atoms. The number of rotatable bonds is 7. The van der Waals surface area contributed by atoms with E-state index in [1.54, 1.807) is 13.0 Å². The summed E-state index contributed by atoms with van der Waals surface area (Å²) in [5, 5.41) is 14.5. The molecule has 1 aromatic rings. The number of hydrogen-bond donors (Lipinski definition) is 1. The van der Waals surface area contributed by atoms with Crippen LogP contribution in [0.15, 0.2) is 46.8 Å². The second-order valence-electron chi connectivity index (χ2n) is 5.79. The summed E-state index contributed by atoms with van der Waals surface area (Å²) in [6, 6.07) is 5.77. The molecule has 1 unspecified atom stereocenters. The molecule has 0 aromatic heterocycles. The van der Waals surface area contributed by atoms with Gasteiger partial charge in [0.25, 0.3) is 5.69 Å². The normalized spacial score (nSPS) is 16.5. The Bertz CT molecular complexity index is 867. The van der Waals surface area contributed by atoms with Crippen LogP contribution in [0.25, 0.3) is 0 Å². The van der Waals surface area contributed by atoms with Gasteiger partial charge in [-0.2, -0.15) is 0 Å². The molecule has 1 N–H and O–H groups in total. The molecule has 2 rings (SSSR count). The summed E-state index contributed by atoms with van der Waals surface area (Å²) in [6.07, 6.45) is 0. The van der Waals surface area contributed by atoms with E-state index in [1.165, 1.54) is 25.3 Å². The Balaban J connectivity index is 2.70. The van der Waals surface area contributed by atoms with E-state index < -0.39 is 22.8 Å². The average molecular weight is 474 g/mol. The molecule has 0 saturated heterocycles. The Kier molecular flexibility index (Phi) is 7.59. The first-order chi connectivity index (χ1) is 13.3. The molecule has 0 aliphatic carbocycles. The lowest BCUT2D eigenvalue weighted by Crippen LogP contribution is -2.33. The molecule has 28 heavy (non-hydrogen) atoms. The molecule has 0 radical (unpaired) electrons. The van der Waals surface area contributed by atoms with Gasteiger partial charge in [0.2, 0.25) is 0 Å². The maximum atomic E-state index is 12.8. The van der Waals surface area contributed by atoms with Crippen LogP contribution < -0.4 is 5.32 Å². The van der Waals surface area contributed by atoms with Crippen molar-refractivity contribution in [2.24, 2.45) is 0 Å². The Morgan fingerprint density at radius 3 is 2.61 bits per heavy atom. The first-order valence-corrected chi connectivity index (χ1v) is 9.83. The third-order valence-electron chi connectivity index (χ3n) is 4.13. The van der Waals surface area contributed by atoms with Crippen LogP contribution in [0, 0.1) is 10.1 Å². The number of nitrogens with one attached hydrogen (secondary N) is 1. The number of carbonyl (C=O) groups is 2. The number of allylic oxidation sites excluding steroid dienone is 2. The number of methoxy groups -OCH3 is 1. The molecular weight excluding hydrogens is 456 g/mol. The molecule has 1 aliphatic rings. The van der Waals surface area contributed by atoms with Crippen LogP contribution in [-0.2, 0) is 19.1 Å². The molecule has 0 fully saturated rings. The zero-order valence-electron chi connectivity index (χ0n) is 15.2. The number of nitrogens with zero attached hydrogens (tertiary/aromatic N) is 1. The fourth-order valence-corrected chi connectivity index (χ4v) is 3.50. The Hall–Kier alpha value is -2.39. The highest BCUT2D eigenvalue weighted by molar-refractivity contribution is 9.09. The van der Waals surface area contributed by atoms with E-state index >= 15 is 0 Å². The SMILES string of the molecule is COC(=O)C1=C(C)NC(CBr)=C(C(=O)OCCCl)C1c1cccc([N+](=O)[O-])c1. The third-order valence-corrected chi connectivity index (χ3v) is 4.84. The minimum atomic E-state index is -0.899. The van der Waals surface area contributed by atoms with E-state index in [2.05, 4.69) is 21.2 Å². The molecule has 0 bridgehead atoms. The van der Waals surface area contributed by atoms with Crippen LogP contribution in [0.3, 0.4) is 0 Å². The van der Waals surface area contributed by atoms with Gasteiger partial charge in [0.05, 0.1) is 35.0 Å². The molecular formula is C18H18BrClN2O6. The second kappa shape index (κ2) is 9.70. The molecule has 10 heteroatoms. The van der Waals surface area contributed by atoms with Crippen molar-refractivity contribution in [3.05, 3.63) is 62.5 Å². The van der Waals surface area contributed by atoms with Gasteiger partial charge in [-0.3, -0.25) is 10.1 Å². The van der Waals surface area contributed by atoms with E-state index in [1.807, 2.05) is 0 Å². The van der Waals surface area contributed by atoms with Gasteiger partial charge in [0.15, 0.2) is 0 Å². The van der Waals surface area contributed by atoms with E-state index in [4.69, 9.17) is 21.1 Å². The van der Waals surface area contributed by atoms with Crippen molar-refractivity contribution in [1.82, 2.24) is 5.32 Å². The summed E-state index contributed by atoms with van der Waals surface area (Å²) >= 11 is 8.94. The standard InChI is InChI=1S/C18H18BrClN2O6/c1-10-14(17(23)27-2)15(11-4-3-5-12(8-11)22(25)26)16(13(9-19)21-10)18(24)28-7-6-20/h3-5,8,15,21H,6-7,9H2,1-2H3. The molecule has 1 aromatic carbocycles. The number of non-ortho nitro benzene ring substituents is 1. The van der Waals surface area contributed by atoms with E-state index in [9.17, 15) is 19.7 Å². The molecule has 150 valence electrons. The Labute approximate surface area is 174 Å². The maximum Gasteiger partial charge on any atom is 0.336 e. The maximum absolute atomic E-state index is 12.8. The van der Waals surface area contributed by atoms with Gasteiger partial charge in [-0.25, -0.2) is 9.59 Å². The second-order valence-corrected chi connectivity index (χ2v) is 6.73. The number of dihydropyridines is 1. The van der Waals surface area contributed by atoms with Crippen LogP contribution in [0.4, 0.5) is 5.69 Å². The van der Waals surface area contributed by atoms with Gasteiger partial charge in [-0.15, -0.1) is 11.6 Å². The minimum Gasteiger partial charge on any atom is -0.466 e. The van der Waals surface area contributed by atoms with Gasteiger partial charge in [-0.05, 0) is 12.5 Å². The monoisotopic (exact) mass is 472 g/mol. The lowest BCUT2D eigenvalue weighted by molar-refractivity contribution is -0.384. The van der Waals surface area contributed by atoms with E-state index in [-0.39, 0.29) is 34.7 Å². The summed E-state index contributed by atoms with van der Waals surface area (Å²) in [6.45, 7) is 1.65. The van der Waals surface area contributed by atoms with Crippen LogP contribution in [0.1, 0.15) is 18.4 Å². The summed E-state index contributed by atoms with van der Waals surface area (Å²) < 4.78 is 10.1. The Morgan fingerprint density at radius 2 is 2.04 bits per heavy atom. The van der Waals surface area contributed by atoms with Gasteiger partial charge in [-0.1, -0.05) is 28.1 Å². The number of halogens is 2. The van der Waals surface area contributed by atoms with E-state index in [0.29, 0.717) is 17.0 Å². The zero-order chi connectivity index (χ0) is 20.8. The number of ether oxygens (including phenoxy) is 2. The topological polar surface area (TPSA) is 108 Å². The van der Waals surface area contributed by atoms with Crippen LogP contribution >= 0.6 is 27.5 Å². The minimum absolute atomic E-state index is 0.0165. The summed E-state index contributed by atoms with van der Waals surface area (Å²) in [5.74, 6) is -2.12. The third kappa shape index (κ3) is 4.53. The lowest BCUT2D eigenvalue weighted by atomic mass is 9.80. The quantitative estimate of drug-likeness (QED) is 0.280. The van der Waals surface area contributed by atoms with Crippen molar-refractivity contribution < 1.29 is 24.0 Å². The molecule has 0 saturated carbocycles. The number of benzene rings is 1. The molecule has 1 atom stereocenters. The highest BCUT2D eigenvalue weighted by Gasteiger charge is 2.39. The number of nitro groups is 1. The summed E-state index contributed by atoms with van der Waals surface area (Å²) in [7, 11) is 1.22. The predicted octanol–water partition coefficient (Wildman–Crippen LogP) is 3.16. The number of nitro benzene ring substituents is 1. The number of alkyl halides is 2. The molecule has 0 amide bonds. The summed E-state index contributed by atoms with van der Waals surface area (Å²) in [5.41, 5.74) is 1.53. The summed E-state index contributed by atoms with van der Waals surface area (Å²) in [4.78, 5) is 36.0. The smallest absolute Gasteiger partial charge is 0.336 e. The van der Waals surface area contributed by atoms with Gasteiger partial charge < -0.3 is 14.8 Å². The number of esters is 2. The van der Waals surface area contributed by atoms with Crippen molar-refractivity contribution in [3.63, 3.8) is 0 Å². The average Bonchev–Trinajstić information content (AvgIpc) is 2.70. The molecule has 1 heterocycles. The highest BCUT2D eigenvalue weighted by atomic mass is 79.9. The van der Waals surface area contributed by atoms with Crippen molar-refractivity contribution in [2.45, 2.75) is 12.8 Å². The lowest BCUT2D eigenvalue weighted by Gasteiger charge is -2.30. The first-order valence-electron chi connectivity index (χ1n) is 8.18. The number of hydrogen-bond acceptors (Lipinski definition) is 7. The van der Waals surface area contributed by atoms with Crippen molar-refractivity contribution in [2.75, 3.05) is 24.9 Å².